The number of aromatic hydroxyl groups is 1. The number of phosphoric acid groups is 1. The third kappa shape index (κ3) is 8.41. The Kier molecular flexibility index (Phi) is 13.8. The number of carbonyl (C=O) groups is 1. The molecule has 0 radical (unpaired) electrons. The van der Waals surface area contributed by atoms with Crippen LogP contribution in [0.3, 0.4) is 0 Å². The molecule has 0 amide bonds. The summed E-state index contributed by atoms with van der Waals surface area (Å²) in [5.74, 6) is -1.01. The van der Waals surface area contributed by atoms with Crippen molar-refractivity contribution in [3.05, 3.63) is 108 Å². The number of phenols is 1. The minimum atomic E-state index is -4.66. The van der Waals surface area contributed by atoms with E-state index in [2.05, 4.69) is 10.3 Å². The number of likely N-dealkylation sites (N-methyl/N-ethyl adjacent to an activating group) is 1. The van der Waals surface area contributed by atoms with Crippen molar-refractivity contribution in [2.75, 3.05) is 39.7 Å². The zero-order chi connectivity index (χ0) is 50.3. The van der Waals surface area contributed by atoms with Gasteiger partial charge in [-0.05, 0) is 90.0 Å². The van der Waals surface area contributed by atoms with Gasteiger partial charge in [-0.3, -0.25) is 23.4 Å². The summed E-state index contributed by atoms with van der Waals surface area (Å²) in [4.78, 5) is 54.5. The molecule has 11 N–H and O–H groups in total. The number of methoxy groups -OCH3 is 1. The van der Waals surface area contributed by atoms with Crippen molar-refractivity contribution >= 4 is 41.9 Å². The highest BCUT2D eigenvalue weighted by Crippen LogP contribution is 2.59. The predicted molar refractivity (Wildman–Crippen MR) is 244 cm³/mol. The highest BCUT2D eigenvalue weighted by Gasteiger charge is 2.58. The van der Waals surface area contributed by atoms with Crippen molar-refractivity contribution in [3.8, 4) is 11.5 Å². The molecule has 3 saturated heterocycles. The maximum atomic E-state index is 14.7. The number of nitrogens with one attached hydrogen (secondary N) is 2. The number of phenolic OH excluding ortho intramolecular Hbond substituents is 1. The number of carbonyl (C=O) groups excluding carboxylic acids is 1. The fourth-order valence-corrected chi connectivity index (χ4v) is 12.3. The van der Waals surface area contributed by atoms with Crippen LogP contribution in [0, 0.1) is 6.92 Å². The molecular formula is C45H52N3O20PS. The van der Waals surface area contributed by atoms with Crippen LogP contribution in [-0.4, -0.2) is 162 Å². The number of phosphoric ester groups is 1. The third-order valence-corrected chi connectivity index (χ3v) is 15.8. The van der Waals surface area contributed by atoms with E-state index in [9.17, 15) is 64.7 Å². The fourth-order valence-electron chi connectivity index (χ4n) is 10.0. The number of H-pyrrole nitrogens is 1. The first-order valence-corrected chi connectivity index (χ1v) is 24.7. The predicted octanol–water partition coefficient (Wildman–Crippen LogP) is -0.409. The monoisotopic (exact) mass is 1020 g/mol. The maximum absolute atomic E-state index is 14.7. The Morgan fingerprint density at radius 2 is 1.77 bits per heavy atom. The Hall–Kier alpha value is -4.57. The van der Waals surface area contributed by atoms with Crippen LogP contribution in [0.1, 0.15) is 68.2 Å². The molecule has 3 fully saturated rings. The van der Waals surface area contributed by atoms with Crippen LogP contribution >= 0.6 is 19.6 Å². The molecular weight excluding hydrogens is 966 g/mol. The molecule has 2 unspecified atom stereocenters. The number of aliphatic hydroxyl groups excluding tert-OH is 6. The lowest BCUT2D eigenvalue weighted by Gasteiger charge is -2.42. The van der Waals surface area contributed by atoms with Crippen LogP contribution in [0.5, 0.6) is 11.5 Å². The van der Waals surface area contributed by atoms with Gasteiger partial charge in [-0.1, -0.05) is 12.1 Å². The number of rotatable bonds is 14. The fraction of sp³-hybridized carbons (Fsp3) is 0.489. The first-order valence-electron chi connectivity index (χ1n) is 22.1. The molecule has 9 rings (SSSR count). The molecule has 4 heterocycles. The number of aliphatic hydroxyl groups is 7. The Morgan fingerprint density at radius 1 is 1.03 bits per heavy atom. The van der Waals surface area contributed by atoms with Crippen molar-refractivity contribution in [1.82, 2.24) is 14.9 Å². The molecule has 2 aliphatic carbocycles. The quantitative estimate of drug-likeness (QED) is 0.0565. The molecule has 378 valence electrons. The van der Waals surface area contributed by atoms with Crippen LogP contribution in [0.25, 0.3) is 16.3 Å². The number of thioether (sulfide) groups is 1. The van der Waals surface area contributed by atoms with E-state index in [1.54, 1.807) is 25.1 Å². The van der Waals surface area contributed by atoms with Gasteiger partial charge in [-0.15, -0.1) is 11.8 Å². The zero-order valence-corrected chi connectivity index (χ0v) is 39.5. The summed E-state index contributed by atoms with van der Waals surface area (Å²) in [7, 11) is -1.72. The number of aromatic nitrogens is 2. The highest BCUT2D eigenvalue weighted by atomic mass is 32.2. The lowest BCUT2D eigenvalue weighted by Crippen LogP contribution is -2.62. The number of benzene rings is 3. The van der Waals surface area contributed by atoms with Gasteiger partial charge in [0.2, 0.25) is 0 Å². The Bertz CT molecular complexity index is 2910. The van der Waals surface area contributed by atoms with E-state index >= 15 is 0 Å². The Balaban J connectivity index is 1.22. The largest absolute Gasteiger partial charge is 0.507 e. The van der Waals surface area contributed by atoms with Crippen molar-refractivity contribution < 1.29 is 87.8 Å². The molecule has 3 aliphatic heterocycles. The molecule has 23 nitrogen and oxygen atoms in total. The van der Waals surface area contributed by atoms with Crippen molar-refractivity contribution in [3.63, 3.8) is 0 Å². The van der Waals surface area contributed by atoms with E-state index in [4.69, 9.17) is 32.7 Å². The average Bonchev–Trinajstić information content (AvgIpc) is 4.01. The van der Waals surface area contributed by atoms with Crippen molar-refractivity contribution in [1.29, 1.82) is 0 Å². The van der Waals surface area contributed by atoms with Crippen LogP contribution in [-0.2, 0) is 38.2 Å². The Morgan fingerprint density at radius 3 is 2.46 bits per heavy atom. The van der Waals surface area contributed by atoms with Crippen LogP contribution in [0.2, 0.25) is 0 Å². The minimum absolute atomic E-state index is 0.0301. The van der Waals surface area contributed by atoms with Gasteiger partial charge in [-0.25, -0.2) is 14.2 Å². The Labute approximate surface area is 401 Å². The second-order valence-corrected chi connectivity index (χ2v) is 20.2. The number of fused-ring (bicyclic) bond motifs is 4. The van der Waals surface area contributed by atoms with Crippen molar-refractivity contribution in [2.24, 2.45) is 0 Å². The van der Waals surface area contributed by atoms with E-state index in [0.717, 1.165) is 28.6 Å². The summed E-state index contributed by atoms with van der Waals surface area (Å²) in [6.07, 6.45) is -13.3. The van der Waals surface area contributed by atoms with E-state index in [-0.39, 0.29) is 51.1 Å². The summed E-state index contributed by atoms with van der Waals surface area (Å²) in [5.41, 5.74) is -4.01. The molecule has 15 atom stereocenters. The van der Waals surface area contributed by atoms with E-state index in [0.29, 0.717) is 22.3 Å². The summed E-state index contributed by atoms with van der Waals surface area (Å²) >= 11 is 1.12. The standard InChI is InChI=1S/C45H52N3O20PS/c1-17-9-19(62-4)10-22-20(17)5-6-28(52)31(22)42(57)65-37-35(66-43-32(46-3)34(55)33(54)18(2)63-43)23-11-21-25(13-45(59,30(53)16-51)27(21)12-24(23)39(37)70-8-7-49)26-14-48(44(58)47-40(26)56)41-38-36(29(15-50)64-41)67-69(60,61)68-38/h5-6,9-14,18,29-30,32-39,41,43,46,49-55,59H,7-8,15-16H2,1-4H3,(H,60,61)(H,47,56,58)/t18-,29-,30?,32-,33+,34-,35-,36-,37+,38-,39+,41-,43-,45-/m1/s1. The summed E-state index contributed by atoms with van der Waals surface area (Å²) < 4.78 is 54.3. The molecule has 3 aromatic carbocycles. The van der Waals surface area contributed by atoms with Gasteiger partial charge in [0.05, 0.1) is 49.9 Å². The van der Waals surface area contributed by atoms with Gasteiger partial charge in [-0.2, -0.15) is 0 Å². The van der Waals surface area contributed by atoms with Gasteiger partial charge < -0.3 is 74.7 Å². The van der Waals surface area contributed by atoms with E-state index in [1.165, 1.54) is 39.3 Å². The topological polar surface area (TPSA) is 348 Å². The maximum Gasteiger partial charge on any atom is 0.473 e. The van der Waals surface area contributed by atoms with E-state index in [1.807, 2.05) is 0 Å². The van der Waals surface area contributed by atoms with E-state index < -0.39 is 128 Å². The van der Waals surface area contributed by atoms with Gasteiger partial charge in [0.25, 0.3) is 5.56 Å². The van der Waals surface area contributed by atoms with Gasteiger partial charge in [0.15, 0.2) is 12.5 Å². The summed E-state index contributed by atoms with van der Waals surface area (Å²) in [6, 6.07) is 8.14. The molecule has 25 heteroatoms. The number of esters is 1. The first-order chi connectivity index (χ1) is 33.3. The second kappa shape index (κ2) is 19.1. The third-order valence-electron chi connectivity index (χ3n) is 13.5. The van der Waals surface area contributed by atoms with Crippen molar-refractivity contribution in [2.45, 2.75) is 98.2 Å². The van der Waals surface area contributed by atoms with Gasteiger partial charge in [0, 0.05) is 17.3 Å². The molecule has 0 bridgehead atoms. The lowest BCUT2D eigenvalue weighted by molar-refractivity contribution is -0.281. The van der Waals surface area contributed by atoms with Gasteiger partial charge in [0.1, 0.15) is 71.5 Å². The number of hydrogen-bond donors (Lipinski definition) is 11. The number of aryl methyl sites for hydroxylation is 1. The summed E-state index contributed by atoms with van der Waals surface area (Å²) in [6.45, 7) is 1.23. The number of hydrogen-bond acceptors (Lipinski definition) is 21. The number of ether oxygens (including phenoxy) is 5. The van der Waals surface area contributed by atoms with Crippen LogP contribution < -0.4 is 21.3 Å². The molecule has 4 aromatic rings. The second-order valence-electron chi connectivity index (χ2n) is 17.6. The van der Waals surface area contributed by atoms with Crippen LogP contribution in [0.4, 0.5) is 0 Å². The van der Waals surface area contributed by atoms with Gasteiger partial charge >= 0.3 is 19.5 Å². The molecule has 5 aliphatic rings. The lowest BCUT2D eigenvalue weighted by atomic mass is 9.88. The average molecular weight is 1020 g/mol. The highest BCUT2D eigenvalue weighted by molar-refractivity contribution is 7.99. The normalized spacial score (nSPS) is 33.7. The molecule has 0 saturated carbocycles. The number of aromatic amines is 1. The SMILES string of the molecule is CN[C@H]1[C@@H](O[C@@H]2c3cc4c(cc3[C@H](SCCO)[C@H]2OC(=O)c2c(O)ccc3c(C)cc(OC)cc23)[C@@](O)(C(O)CO)C=C4c2cn([C@@H]3O[C@H](CO)[C@H]4OP(=O)(O)O[C@H]43)c(=O)[nH]c2=O)O[C@H](C)[C@H](O)[C@@H]1O. The number of nitrogens with zero attached hydrogens (tertiary/aromatic N) is 1. The first kappa shape index (κ1) is 50.4. The smallest absolute Gasteiger partial charge is 0.473 e. The van der Waals surface area contributed by atoms with Crippen LogP contribution in [0.15, 0.2) is 58.3 Å². The molecule has 1 aromatic heterocycles. The summed E-state index contributed by atoms with van der Waals surface area (Å²) in [5, 5.41) is 90.4. The minimum Gasteiger partial charge on any atom is -0.507 e. The zero-order valence-electron chi connectivity index (χ0n) is 37.8. The molecule has 70 heavy (non-hydrogen) atoms. The molecule has 0 spiro atoms.